The molecule has 0 atom stereocenters. The summed E-state index contributed by atoms with van der Waals surface area (Å²) < 4.78 is 0. The van der Waals surface area contributed by atoms with Crippen LogP contribution in [0, 0.1) is 11.8 Å². The molecule has 0 unspecified atom stereocenters. The summed E-state index contributed by atoms with van der Waals surface area (Å²) in [6.45, 7) is 25.9. The highest BCUT2D eigenvalue weighted by molar-refractivity contribution is 5.75. The molecule has 0 aliphatic carbocycles. The van der Waals surface area contributed by atoms with E-state index in [0.29, 0.717) is 11.8 Å². The molecule has 0 aliphatic rings. The zero-order chi connectivity index (χ0) is 18.3. The molecule has 23 heavy (non-hydrogen) atoms. The van der Waals surface area contributed by atoms with Crippen LogP contribution in [0.15, 0.2) is 24.3 Å². The highest BCUT2D eigenvalue weighted by Crippen LogP contribution is 2.20. The zero-order valence-electron chi connectivity index (χ0n) is 18.2. The van der Waals surface area contributed by atoms with E-state index in [-0.39, 0.29) is 8.41 Å². The van der Waals surface area contributed by atoms with Crippen molar-refractivity contribution < 1.29 is 0 Å². The smallest absolute Gasteiger partial charge is 0 e. The van der Waals surface area contributed by atoms with Crippen molar-refractivity contribution >= 4 is 8.41 Å². The summed E-state index contributed by atoms with van der Waals surface area (Å²) in [6.07, 6.45) is 0. The van der Waals surface area contributed by atoms with E-state index >= 15 is 0 Å². The van der Waals surface area contributed by atoms with Gasteiger partial charge in [0.2, 0.25) is 0 Å². The van der Waals surface area contributed by atoms with Gasteiger partial charge in [0.1, 0.15) is 0 Å². The standard InChI is InChI=1S/C12H18.2C4H10.C2H6.B/c1-9(2)11-6-5-7-12(8-11)10(3)4;2*1-4(2)3;1-2;/h5-10H,1-4H3;2*4H,1-3H3;1-2H3;. The highest BCUT2D eigenvalue weighted by Gasteiger charge is 2.02. The van der Waals surface area contributed by atoms with Crippen molar-refractivity contribution in [1.29, 1.82) is 0 Å². The first-order valence-electron chi connectivity index (χ1n) is 9.17. The molecule has 1 aromatic rings. The average Bonchev–Trinajstić information content (AvgIpc) is 2.40. The fraction of sp³-hybridized carbons (Fsp3) is 0.727. The minimum Gasteiger partial charge on any atom is -0.0683 e. The van der Waals surface area contributed by atoms with Gasteiger partial charge in [-0.25, -0.2) is 0 Å². The molecule has 1 heteroatoms. The summed E-state index contributed by atoms with van der Waals surface area (Å²) in [5.74, 6) is 2.95. The fourth-order valence-electron chi connectivity index (χ4n) is 1.28. The summed E-state index contributed by atoms with van der Waals surface area (Å²) in [5.41, 5.74) is 2.89. The Labute approximate surface area is 151 Å². The van der Waals surface area contributed by atoms with Crippen molar-refractivity contribution in [2.75, 3.05) is 0 Å². The Morgan fingerprint density at radius 2 is 0.783 bits per heavy atom. The normalized spacial score (nSPS) is 9.22. The van der Waals surface area contributed by atoms with Crippen LogP contribution < -0.4 is 0 Å². The van der Waals surface area contributed by atoms with Gasteiger partial charge in [-0.15, -0.1) is 0 Å². The van der Waals surface area contributed by atoms with Gasteiger partial charge in [0.15, 0.2) is 0 Å². The minimum absolute atomic E-state index is 0. The fourth-order valence-corrected chi connectivity index (χ4v) is 1.28. The van der Waals surface area contributed by atoms with Crippen molar-refractivity contribution in [1.82, 2.24) is 0 Å². The third kappa shape index (κ3) is 26.5. The molecule has 0 aromatic heterocycles. The summed E-state index contributed by atoms with van der Waals surface area (Å²) in [4.78, 5) is 0. The maximum Gasteiger partial charge on any atom is 0 e. The van der Waals surface area contributed by atoms with E-state index in [2.05, 4.69) is 93.5 Å². The topological polar surface area (TPSA) is 0 Å². The van der Waals surface area contributed by atoms with Gasteiger partial charge in [-0.1, -0.05) is 107 Å². The molecule has 0 aliphatic heterocycles. The zero-order valence-corrected chi connectivity index (χ0v) is 18.2. The van der Waals surface area contributed by atoms with Crippen molar-refractivity contribution in [3.63, 3.8) is 0 Å². The monoisotopic (exact) mass is 319 g/mol. The third-order valence-electron chi connectivity index (χ3n) is 2.24. The van der Waals surface area contributed by atoms with Crippen LogP contribution in [0.3, 0.4) is 0 Å². The first kappa shape index (κ1) is 30.2. The molecule has 135 valence electrons. The van der Waals surface area contributed by atoms with E-state index in [4.69, 9.17) is 0 Å². The van der Waals surface area contributed by atoms with Crippen molar-refractivity contribution in [2.24, 2.45) is 11.8 Å². The average molecular weight is 319 g/mol. The minimum atomic E-state index is 0. The van der Waals surface area contributed by atoms with Crippen LogP contribution >= 0.6 is 0 Å². The second-order valence-electron chi connectivity index (χ2n) is 7.44. The van der Waals surface area contributed by atoms with E-state index in [0.717, 1.165) is 11.8 Å². The second kappa shape index (κ2) is 19.3. The Balaban J connectivity index is -0.000000138. The first-order chi connectivity index (χ1) is 10.1. The molecule has 0 bridgehead atoms. The molecule has 0 N–H and O–H groups in total. The van der Waals surface area contributed by atoms with E-state index in [9.17, 15) is 0 Å². The molecule has 3 radical (unpaired) electrons. The molecule has 0 nitrogen and oxygen atoms in total. The van der Waals surface area contributed by atoms with Gasteiger partial charge >= 0.3 is 0 Å². The van der Waals surface area contributed by atoms with Gasteiger partial charge in [-0.05, 0) is 34.8 Å². The highest BCUT2D eigenvalue weighted by atomic mass is 14.1. The molecule has 1 rings (SSSR count). The van der Waals surface area contributed by atoms with Crippen molar-refractivity contribution in [3.05, 3.63) is 35.4 Å². The van der Waals surface area contributed by atoms with E-state index < -0.39 is 0 Å². The molecular formula is C22H44B. The summed E-state index contributed by atoms with van der Waals surface area (Å²) >= 11 is 0. The molecule has 0 heterocycles. The largest absolute Gasteiger partial charge is 0.0683 e. The van der Waals surface area contributed by atoms with Gasteiger partial charge in [0.05, 0.1) is 0 Å². The third-order valence-corrected chi connectivity index (χ3v) is 2.24. The van der Waals surface area contributed by atoms with Crippen molar-refractivity contribution in [2.45, 2.75) is 94.9 Å². The quantitative estimate of drug-likeness (QED) is 0.486. The predicted octanol–water partition coefficient (Wildman–Crippen LogP) is 7.90. The lowest BCUT2D eigenvalue weighted by Crippen LogP contribution is -1.91. The molecule has 0 saturated heterocycles. The maximum absolute atomic E-state index is 2.31. The number of benzene rings is 1. The molecule has 0 saturated carbocycles. The first-order valence-corrected chi connectivity index (χ1v) is 9.17. The second-order valence-corrected chi connectivity index (χ2v) is 7.44. The molecule has 1 aromatic carbocycles. The molecule has 0 spiro atoms. The molecule has 0 amide bonds. The van der Waals surface area contributed by atoms with Gasteiger partial charge in [-0.3, -0.25) is 0 Å². The van der Waals surface area contributed by atoms with E-state index in [1.54, 1.807) is 0 Å². The summed E-state index contributed by atoms with van der Waals surface area (Å²) in [6, 6.07) is 8.88. The Morgan fingerprint density at radius 1 is 0.565 bits per heavy atom. The van der Waals surface area contributed by atoms with Gasteiger partial charge in [0, 0.05) is 8.41 Å². The van der Waals surface area contributed by atoms with Crippen LogP contribution in [-0.2, 0) is 0 Å². The Kier molecular flexibility index (Phi) is 25.4. The summed E-state index contributed by atoms with van der Waals surface area (Å²) in [7, 11) is 0. The van der Waals surface area contributed by atoms with Gasteiger partial charge in [-0.2, -0.15) is 0 Å². The van der Waals surface area contributed by atoms with Crippen LogP contribution in [0.2, 0.25) is 0 Å². The van der Waals surface area contributed by atoms with E-state index in [1.807, 2.05) is 13.8 Å². The lowest BCUT2D eigenvalue weighted by Gasteiger charge is -2.09. The Hall–Kier alpha value is -0.715. The van der Waals surface area contributed by atoms with Crippen LogP contribution in [0.4, 0.5) is 0 Å². The van der Waals surface area contributed by atoms with Crippen LogP contribution in [0.5, 0.6) is 0 Å². The Bertz CT molecular complexity index is 290. The lowest BCUT2D eigenvalue weighted by molar-refractivity contribution is 0.736. The lowest BCUT2D eigenvalue weighted by atomic mass is 9.96. The van der Waals surface area contributed by atoms with Crippen LogP contribution in [0.1, 0.15) is 106 Å². The van der Waals surface area contributed by atoms with Crippen LogP contribution in [-0.4, -0.2) is 8.41 Å². The van der Waals surface area contributed by atoms with Crippen molar-refractivity contribution in [3.8, 4) is 0 Å². The molecular weight excluding hydrogens is 275 g/mol. The summed E-state index contributed by atoms with van der Waals surface area (Å²) in [5, 5.41) is 0. The molecule has 0 fully saturated rings. The SMILES string of the molecule is CC.CC(C)C.CC(C)C.CC(C)c1cccc(C(C)C)c1.[B]. The van der Waals surface area contributed by atoms with Gasteiger partial charge < -0.3 is 0 Å². The number of rotatable bonds is 2. The maximum atomic E-state index is 2.31. The number of hydrogen-bond acceptors (Lipinski definition) is 0. The van der Waals surface area contributed by atoms with E-state index in [1.165, 1.54) is 11.1 Å². The van der Waals surface area contributed by atoms with Crippen LogP contribution in [0.25, 0.3) is 0 Å². The van der Waals surface area contributed by atoms with Gasteiger partial charge in [0.25, 0.3) is 0 Å². The predicted molar refractivity (Wildman–Crippen MR) is 113 cm³/mol. The Morgan fingerprint density at radius 3 is 0.957 bits per heavy atom. The number of hydrogen-bond donors (Lipinski definition) is 0.